The number of hydrogen-bond donors (Lipinski definition) is 1. The molecule has 0 fully saturated rings. The summed E-state index contributed by atoms with van der Waals surface area (Å²) < 4.78 is 41.2. The van der Waals surface area contributed by atoms with Gasteiger partial charge < -0.3 is 9.88 Å². The van der Waals surface area contributed by atoms with Crippen LogP contribution in [0.4, 0.5) is 18.9 Å². The zero-order valence-corrected chi connectivity index (χ0v) is 15.5. The number of aromatic nitrogens is 1. The smallest absolute Gasteiger partial charge is 0.333 e. The quantitative estimate of drug-likeness (QED) is 0.692. The molecule has 0 atom stereocenters. The lowest BCUT2D eigenvalue weighted by molar-refractivity contribution is -0.137. The second kappa shape index (κ2) is 6.99. The van der Waals surface area contributed by atoms with E-state index in [1.165, 1.54) is 12.1 Å². The van der Waals surface area contributed by atoms with E-state index < -0.39 is 28.7 Å². The van der Waals surface area contributed by atoms with Gasteiger partial charge in [-0.2, -0.15) is 23.7 Å². The summed E-state index contributed by atoms with van der Waals surface area (Å²) in [5.41, 5.74) is -1.62. The van der Waals surface area contributed by atoms with Crippen molar-refractivity contribution in [1.29, 1.82) is 10.5 Å². The van der Waals surface area contributed by atoms with E-state index in [0.717, 1.165) is 17.5 Å². The first-order valence-corrected chi connectivity index (χ1v) is 8.52. The van der Waals surface area contributed by atoms with Crippen molar-refractivity contribution in [2.24, 2.45) is 0 Å². The molecule has 3 aromatic rings. The van der Waals surface area contributed by atoms with E-state index in [9.17, 15) is 18.0 Å². The summed E-state index contributed by atoms with van der Waals surface area (Å²) in [5, 5.41) is 21.2. The molecule has 5 nitrogen and oxygen atoms in total. The van der Waals surface area contributed by atoms with Gasteiger partial charge in [0.15, 0.2) is 0 Å². The maximum atomic E-state index is 13.2. The number of nitrogens with zero attached hydrogens (tertiary/aromatic N) is 3. The lowest BCUT2D eigenvalue weighted by Crippen LogP contribution is -2.39. The molecule has 0 radical (unpaired) electrons. The van der Waals surface area contributed by atoms with Crippen molar-refractivity contribution >= 4 is 22.5 Å². The number of nitrogens with one attached hydrogen (secondary N) is 1. The Hall–Kier alpha value is -3.78. The molecular weight excluding hydrogens is 381 g/mol. The van der Waals surface area contributed by atoms with Gasteiger partial charge in [0.2, 0.25) is 5.91 Å². The number of benzene rings is 2. The summed E-state index contributed by atoms with van der Waals surface area (Å²) in [7, 11) is 0. The molecule has 0 spiro atoms. The Labute approximate surface area is 164 Å². The molecule has 0 saturated carbocycles. The van der Waals surface area contributed by atoms with Gasteiger partial charge in [-0.1, -0.05) is 0 Å². The molecule has 3 rings (SSSR count). The van der Waals surface area contributed by atoms with Gasteiger partial charge in [-0.25, -0.2) is 0 Å². The van der Waals surface area contributed by atoms with Gasteiger partial charge in [-0.3, -0.25) is 4.79 Å². The summed E-state index contributed by atoms with van der Waals surface area (Å²) in [6.45, 7) is 3.27. The molecule has 29 heavy (non-hydrogen) atoms. The number of carbonyl (C=O) groups is 1. The first kappa shape index (κ1) is 20.0. The van der Waals surface area contributed by atoms with E-state index >= 15 is 0 Å². The average Bonchev–Trinajstić information content (AvgIpc) is 3.11. The van der Waals surface area contributed by atoms with Crippen LogP contribution >= 0.6 is 0 Å². The number of nitriles is 2. The summed E-state index contributed by atoms with van der Waals surface area (Å²) >= 11 is 0. The number of halogens is 3. The zero-order chi connectivity index (χ0) is 21.4. The fourth-order valence-electron chi connectivity index (χ4n) is 3.05. The van der Waals surface area contributed by atoms with Crippen LogP contribution in [0.1, 0.15) is 30.5 Å². The van der Waals surface area contributed by atoms with Gasteiger partial charge in [0.25, 0.3) is 0 Å². The van der Waals surface area contributed by atoms with Crippen molar-refractivity contribution in [2.45, 2.75) is 25.6 Å². The minimum Gasteiger partial charge on any atom is -0.333 e. The van der Waals surface area contributed by atoms with Crippen LogP contribution in [0.3, 0.4) is 0 Å². The van der Waals surface area contributed by atoms with Crippen LogP contribution < -0.4 is 5.32 Å². The maximum Gasteiger partial charge on any atom is 0.417 e. The van der Waals surface area contributed by atoms with Crippen molar-refractivity contribution in [3.05, 3.63) is 65.4 Å². The molecule has 0 aliphatic rings. The van der Waals surface area contributed by atoms with Crippen molar-refractivity contribution < 1.29 is 18.0 Å². The predicted octanol–water partition coefficient (Wildman–Crippen LogP) is 4.78. The van der Waals surface area contributed by atoms with E-state index in [1.54, 1.807) is 48.9 Å². The summed E-state index contributed by atoms with van der Waals surface area (Å²) in [6.07, 6.45) is -3.03. The number of hydrogen-bond acceptors (Lipinski definition) is 3. The van der Waals surface area contributed by atoms with E-state index in [2.05, 4.69) is 5.32 Å². The highest BCUT2D eigenvalue weighted by Gasteiger charge is 2.35. The Morgan fingerprint density at radius 1 is 1.03 bits per heavy atom. The molecule has 8 heteroatoms. The van der Waals surface area contributed by atoms with Crippen molar-refractivity contribution in [1.82, 2.24) is 4.57 Å². The molecule has 0 aliphatic heterocycles. The predicted molar refractivity (Wildman–Crippen MR) is 101 cm³/mol. The average molecular weight is 396 g/mol. The molecule has 0 saturated heterocycles. The largest absolute Gasteiger partial charge is 0.417 e. The van der Waals surface area contributed by atoms with E-state index in [4.69, 9.17) is 10.5 Å². The van der Waals surface area contributed by atoms with Gasteiger partial charge >= 0.3 is 6.18 Å². The fraction of sp³-hybridized carbons (Fsp3) is 0.190. The Kier molecular flexibility index (Phi) is 4.81. The van der Waals surface area contributed by atoms with Crippen LogP contribution in [-0.4, -0.2) is 10.5 Å². The minimum atomic E-state index is -4.71. The highest BCUT2D eigenvalue weighted by molar-refractivity contribution is 5.97. The third kappa shape index (κ3) is 3.65. The second-order valence-corrected chi connectivity index (χ2v) is 6.95. The topological polar surface area (TPSA) is 81.6 Å². The monoisotopic (exact) mass is 396 g/mol. The highest BCUT2D eigenvalue weighted by atomic mass is 19.4. The summed E-state index contributed by atoms with van der Waals surface area (Å²) in [5.74, 6) is -0.530. The normalized spacial score (nSPS) is 11.7. The van der Waals surface area contributed by atoms with Crippen LogP contribution in [0.2, 0.25) is 0 Å². The molecule has 2 aromatic carbocycles. The molecule has 1 heterocycles. The number of carbonyl (C=O) groups excluding carboxylic acids is 1. The van der Waals surface area contributed by atoms with Crippen molar-refractivity contribution in [2.75, 3.05) is 5.32 Å². The summed E-state index contributed by atoms with van der Waals surface area (Å²) in [6, 6.07) is 13.4. The van der Waals surface area contributed by atoms with Gasteiger partial charge in [0, 0.05) is 22.8 Å². The van der Waals surface area contributed by atoms with Crippen molar-refractivity contribution in [3.8, 4) is 12.1 Å². The Bertz CT molecular complexity index is 1190. The molecule has 0 aliphatic carbocycles. The van der Waals surface area contributed by atoms with Gasteiger partial charge in [0.1, 0.15) is 5.54 Å². The van der Waals surface area contributed by atoms with Crippen LogP contribution in [-0.2, 0) is 16.5 Å². The van der Waals surface area contributed by atoms with E-state index in [-0.39, 0.29) is 5.69 Å². The first-order valence-electron chi connectivity index (χ1n) is 8.52. The third-order valence-electron chi connectivity index (χ3n) is 4.68. The first-order chi connectivity index (χ1) is 13.6. The molecule has 146 valence electrons. The molecule has 0 bridgehead atoms. The van der Waals surface area contributed by atoms with Gasteiger partial charge in [-0.05, 0) is 56.3 Å². The SMILES string of the molecule is CC(C)(C(=O)Nc1ccc(C#N)c(C(F)(F)F)c1)n1ccc2cc(C#N)ccc21. The highest BCUT2D eigenvalue weighted by Crippen LogP contribution is 2.34. The minimum absolute atomic E-state index is 0.0578. The van der Waals surface area contributed by atoms with Gasteiger partial charge in [0.05, 0.1) is 28.8 Å². The van der Waals surface area contributed by atoms with Crippen LogP contribution in [0.25, 0.3) is 10.9 Å². The van der Waals surface area contributed by atoms with Crippen LogP contribution in [0.5, 0.6) is 0 Å². The lowest BCUT2D eigenvalue weighted by Gasteiger charge is -2.27. The number of alkyl halides is 3. The van der Waals surface area contributed by atoms with Crippen LogP contribution in [0, 0.1) is 22.7 Å². The fourth-order valence-corrected chi connectivity index (χ4v) is 3.05. The molecular formula is C21H15F3N4O. The molecule has 0 unspecified atom stereocenters. The third-order valence-corrected chi connectivity index (χ3v) is 4.68. The number of fused-ring (bicyclic) bond motifs is 1. The number of amides is 1. The molecule has 1 amide bonds. The van der Waals surface area contributed by atoms with Crippen molar-refractivity contribution in [3.63, 3.8) is 0 Å². The van der Waals surface area contributed by atoms with Crippen LogP contribution in [0.15, 0.2) is 48.7 Å². The Balaban J connectivity index is 1.95. The van der Waals surface area contributed by atoms with E-state index in [0.29, 0.717) is 11.1 Å². The number of rotatable bonds is 3. The maximum absolute atomic E-state index is 13.2. The molecule has 1 N–H and O–H groups in total. The Morgan fingerprint density at radius 3 is 2.38 bits per heavy atom. The molecule has 1 aromatic heterocycles. The zero-order valence-electron chi connectivity index (χ0n) is 15.5. The second-order valence-electron chi connectivity index (χ2n) is 6.95. The van der Waals surface area contributed by atoms with Gasteiger partial charge in [-0.15, -0.1) is 0 Å². The van der Waals surface area contributed by atoms with E-state index in [1.807, 2.05) is 6.07 Å². The standard InChI is InChI=1S/C21H15F3N4O/c1-20(2,28-8-7-14-9-13(11-25)3-6-18(14)28)19(29)27-16-5-4-15(12-26)17(10-16)21(22,23)24/h3-10H,1-2H3,(H,27,29). The summed E-state index contributed by atoms with van der Waals surface area (Å²) in [4.78, 5) is 12.9. The Morgan fingerprint density at radius 2 is 1.76 bits per heavy atom. The lowest BCUT2D eigenvalue weighted by atomic mass is 10.0. The number of anilines is 1.